The van der Waals surface area contributed by atoms with E-state index in [1.165, 1.54) is 37.4 Å². The van der Waals surface area contributed by atoms with Gasteiger partial charge in [-0.3, -0.25) is 9.69 Å². The number of halogens is 4. The third-order valence-corrected chi connectivity index (χ3v) is 9.17. The fourth-order valence-corrected chi connectivity index (χ4v) is 6.96. The highest BCUT2D eigenvalue weighted by atomic mass is 35.5. The quantitative estimate of drug-likeness (QED) is 0.376. The number of fused-ring (bicyclic) bond motifs is 2. The highest BCUT2D eigenvalue weighted by Crippen LogP contribution is 2.44. The normalized spacial score (nSPS) is 16.4. The summed E-state index contributed by atoms with van der Waals surface area (Å²) in [5.41, 5.74) is 0.715. The molecule has 0 aromatic heterocycles. The van der Waals surface area contributed by atoms with Crippen LogP contribution >= 0.6 is 11.6 Å². The minimum Gasteiger partial charge on any atom is -0.465 e. The smallest absolute Gasteiger partial charge is 0.416 e. The van der Waals surface area contributed by atoms with Gasteiger partial charge in [-0.15, -0.1) is 0 Å². The summed E-state index contributed by atoms with van der Waals surface area (Å²) in [6.45, 7) is 3.39. The maximum absolute atomic E-state index is 13.3. The van der Waals surface area contributed by atoms with Crippen LogP contribution in [0.25, 0.3) is 0 Å². The molecule has 43 heavy (non-hydrogen) atoms. The predicted molar refractivity (Wildman–Crippen MR) is 154 cm³/mol. The van der Waals surface area contributed by atoms with Crippen LogP contribution in [-0.2, 0) is 31.3 Å². The minimum absolute atomic E-state index is 0.0148. The highest BCUT2D eigenvalue weighted by molar-refractivity contribution is 7.90. The lowest BCUT2D eigenvalue weighted by atomic mass is 10.1. The van der Waals surface area contributed by atoms with Crippen LogP contribution in [-0.4, -0.2) is 65.0 Å². The second-order valence-electron chi connectivity index (χ2n) is 10.3. The number of hydrogen-bond acceptors (Lipinski definition) is 8. The molecule has 3 aromatic carbocycles. The van der Waals surface area contributed by atoms with Crippen molar-refractivity contribution in [3.8, 4) is 11.5 Å². The number of benzene rings is 3. The minimum atomic E-state index is -4.43. The van der Waals surface area contributed by atoms with Crippen molar-refractivity contribution in [1.29, 1.82) is 0 Å². The standard InChI is InChI=1S/C29H27ClF3N3O6S/c1-17-10-18(28(38)41-2)12-24-26(17)42-27-19(16-43(24,39)40)11-21(14-23(27)30)34-25(37)15-35-6-8-36(9-7-35)22-5-3-4-20(13-22)29(31,32)33/h3-5,10-14H,6-9,15-16H2,1-2H3,(H,34,37). The molecule has 14 heteroatoms. The van der Waals surface area contributed by atoms with E-state index < -0.39 is 33.3 Å². The van der Waals surface area contributed by atoms with Crippen LogP contribution in [0.4, 0.5) is 24.5 Å². The molecule has 0 bridgehead atoms. The van der Waals surface area contributed by atoms with Gasteiger partial charge in [-0.05, 0) is 55.0 Å². The number of anilines is 2. The van der Waals surface area contributed by atoms with E-state index in [1.807, 2.05) is 9.80 Å². The molecule has 2 aliphatic rings. The summed E-state index contributed by atoms with van der Waals surface area (Å²) in [5.74, 6) is -1.37. The third-order valence-electron chi connectivity index (χ3n) is 7.23. The monoisotopic (exact) mass is 637 g/mol. The first kappa shape index (κ1) is 30.6. The van der Waals surface area contributed by atoms with Crippen molar-refractivity contribution < 1.29 is 40.7 Å². The first-order valence-electron chi connectivity index (χ1n) is 13.2. The Balaban J connectivity index is 1.27. The molecule has 3 aromatic rings. The number of ether oxygens (including phenoxy) is 2. The zero-order valence-corrected chi connectivity index (χ0v) is 24.7. The molecule has 228 valence electrons. The number of carbonyl (C=O) groups excluding carboxylic acids is 2. The Kier molecular flexibility index (Phi) is 8.34. The van der Waals surface area contributed by atoms with Crippen molar-refractivity contribution in [3.63, 3.8) is 0 Å². The van der Waals surface area contributed by atoms with E-state index in [0.29, 0.717) is 37.4 Å². The number of amides is 1. The number of nitrogens with zero attached hydrogens (tertiary/aromatic N) is 2. The van der Waals surface area contributed by atoms with Gasteiger partial charge in [-0.1, -0.05) is 17.7 Å². The van der Waals surface area contributed by atoms with Crippen molar-refractivity contribution in [2.45, 2.75) is 23.7 Å². The van der Waals surface area contributed by atoms with Gasteiger partial charge >= 0.3 is 12.1 Å². The number of methoxy groups -OCH3 is 1. The number of piperazine rings is 1. The third kappa shape index (κ3) is 6.58. The van der Waals surface area contributed by atoms with Crippen LogP contribution in [0.3, 0.4) is 0 Å². The summed E-state index contributed by atoms with van der Waals surface area (Å²) in [6, 6.07) is 10.8. The van der Waals surface area contributed by atoms with Gasteiger partial charge in [0.2, 0.25) is 5.91 Å². The topological polar surface area (TPSA) is 105 Å². The van der Waals surface area contributed by atoms with Gasteiger partial charge in [0.1, 0.15) is 16.4 Å². The summed E-state index contributed by atoms with van der Waals surface area (Å²) < 4.78 is 76.7. The van der Waals surface area contributed by atoms with Crippen LogP contribution in [0.15, 0.2) is 53.4 Å². The molecule has 1 saturated heterocycles. The molecular weight excluding hydrogens is 611 g/mol. The summed E-state index contributed by atoms with van der Waals surface area (Å²) in [6.07, 6.45) is -4.43. The summed E-state index contributed by atoms with van der Waals surface area (Å²) >= 11 is 6.49. The van der Waals surface area contributed by atoms with Gasteiger partial charge in [-0.2, -0.15) is 13.2 Å². The lowest BCUT2D eigenvalue weighted by molar-refractivity contribution is -0.137. The van der Waals surface area contributed by atoms with Crippen LogP contribution in [0.2, 0.25) is 5.02 Å². The molecular formula is C29H27ClF3N3O6S. The molecule has 1 amide bonds. The zero-order valence-electron chi connectivity index (χ0n) is 23.1. The number of rotatable bonds is 5. The molecule has 0 atom stereocenters. The van der Waals surface area contributed by atoms with Crippen molar-refractivity contribution in [2.24, 2.45) is 0 Å². The van der Waals surface area contributed by atoms with Crippen molar-refractivity contribution >= 4 is 44.7 Å². The van der Waals surface area contributed by atoms with E-state index in [0.717, 1.165) is 12.1 Å². The number of hydrogen-bond donors (Lipinski definition) is 1. The van der Waals surface area contributed by atoms with E-state index in [4.69, 9.17) is 21.1 Å². The summed E-state index contributed by atoms with van der Waals surface area (Å²) in [5, 5.41) is 2.83. The highest BCUT2D eigenvalue weighted by Gasteiger charge is 2.33. The molecule has 0 spiro atoms. The SMILES string of the molecule is COC(=O)c1cc(C)c2c(c1)S(=O)(=O)Cc1cc(NC(=O)CN3CCN(c4cccc(C(F)(F)F)c4)CC3)cc(Cl)c1O2. The lowest BCUT2D eigenvalue weighted by Gasteiger charge is -2.36. The zero-order chi connectivity index (χ0) is 31.1. The van der Waals surface area contributed by atoms with E-state index in [9.17, 15) is 31.2 Å². The fraction of sp³-hybridized carbons (Fsp3) is 0.310. The second-order valence-corrected chi connectivity index (χ2v) is 12.6. The molecule has 0 radical (unpaired) electrons. The molecule has 0 aliphatic carbocycles. The Morgan fingerprint density at radius 1 is 1.05 bits per heavy atom. The Morgan fingerprint density at radius 3 is 2.44 bits per heavy atom. The van der Waals surface area contributed by atoms with Gasteiger partial charge in [0.15, 0.2) is 9.84 Å². The first-order valence-corrected chi connectivity index (χ1v) is 15.2. The van der Waals surface area contributed by atoms with Gasteiger partial charge in [0.05, 0.1) is 35.6 Å². The molecule has 2 aliphatic heterocycles. The van der Waals surface area contributed by atoms with Gasteiger partial charge in [0, 0.05) is 43.1 Å². The van der Waals surface area contributed by atoms with E-state index in [1.54, 1.807) is 13.0 Å². The van der Waals surface area contributed by atoms with E-state index >= 15 is 0 Å². The average molecular weight is 638 g/mol. The van der Waals surface area contributed by atoms with Crippen LogP contribution in [0.1, 0.15) is 27.0 Å². The first-order chi connectivity index (χ1) is 20.2. The summed E-state index contributed by atoms with van der Waals surface area (Å²) in [7, 11) is -2.79. The Labute approximate surface area is 251 Å². The maximum Gasteiger partial charge on any atom is 0.416 e. The van der Waals surface area contributed by atoms with Crippen LogP contribution < -0.4 is 15.0 Å². The van der Waals surface area contributed by atoms with Gasteiger partial charge in [-0.25, -0.2) is 13.2 Å². The number of nitrogens with one attached hydrogen (secondary N) is 1. The number of sulfone groups is 1. The van der Waals surface area contributed by atoms with Crippen molar-refractivity contribution in [2.75, 3.05) is 50.1 Å². The largest absolute Gasteiger partial charge is 0.465 e. The molecule has 1 fully saturated rings. The number of alkyl halides is 3. The van der Waals surface area contributed by atoms with Gasteiger partial charge < -0.3 is 19.7 Å². The van der Waals surface area contributed by atoms with Crippen molar-refractivity contribution in [1.82, 2.24) is 4.90 Å². The number of aryl methyl sites for hydroxylation is 1. The number of carbonyl (C=O) groups is 2. The Bertz CT molecular complexity index is 1710. The molecule has 0 unspecified atom stereocenters. The molecule has 1 N–H and O–H groups in total. The van der Waals surface area contributed by atoms with Crippen LogP contribution in [0.5, 0.6) is 11.5 Å². The van der Waals surface area contributed by atoms with E-state index in [2.05, 4.69) is 5.32 Å². The molecule has 0 saturated carbocycles. The molecule has 5 rings (SSSR count). The predicted octanol–water partition coefficient (Wildman–Crippen LogP) is 5.29. The van der Waals surface area contributed by atoms with Crippen molar-refractivity contribution in [3.05, 3.63) is 75.8 Å². The fourth-order valence-electron chi connectivity index (χ4n) is 5.11. The Morgan fingerprint density at radius 2 is 1.77 bits per heavy atom. The van der Waals surface area contributed by atoms with E-state index in [-0.39, 0.29) is 50.7 Å². The Hall–Kier alpha value is -3.81. The maximum atomic E-state index is 13.3. The second kappa shape index (κ2) is 11.7. The number of esters is 1. The van der Waals surface area contributed by atoms with Crippen LogP contribution in [0, 0.1) is 6.92 Å². The molecule has 2 heterocycles. The summed E-state index contributed by atoms with van der Waals surface area (Å²) in [4.78, 5) is 28.5. The lowest BCUT2D eigenvalue weighted by Crippen LogP contribution is -2.48. The molecule has 9 nitrogen and oxygen atoms in total. The van der Waals surface area contributed by atoms with Gasteiger partial charge in [0.25, 0.3) is 0 Å². The average Bonchev–Trinajstić information content (AvgIpc) is 3.06.